The summed E-state index contributed by atoms with van der Waals surface area (Å²) < 4.78 is 56.0. The summed E-state index contributed by atoms with van der Waals surface area (Å²) in [5.74, 6) is -2.51. The van der Waals surface area contributed by atoms with Gasteiger partial charge in [0.25, 0.3) is 0 Å². The molecule has 9 heteroatoms. The molecular formula is C11H4BrClF4N2O. The Hall–Kier alpha value is -1.41. The van der Waals surface area contributed by atoms with Crippen molar-refractivity contribution in [2.45, 2.75) is 6.18 Å². The minimum Gasteiger partial charge on any atom is -0.439 e. The Kier molecular flexibility index (Phi) is 4.14. The molecule has 2 aromatic rings. The van der Waals surface area contributed by atoms with E-state index in [0.29, 0.717) is 0 Å². The minimum absolute atomic E-state index is 0.0198. The maximum atomic E-state index is 13.3. The largest absolute Gasteiger partial charge is 0.451 e. The van der Waals surface area contributed by atoms with E-state index < -0.39 is 28.9 Å². The molecule has 1 aromatic carbocycles. The summed E-state index contributed by atoms with van der Waals surface area (Å²) in [6.45, 7) is 0. The standard InChI is InChI=1S/C11H4BrClF4N2O/c12-6-2-1-5(3-7(6)14)20-9-4-8(13)18-10(19-9)11(15,16)17/h1-4H. The molecule has 0 aliphatic rings. The van der Waals surface area contributed by atoms with Crippen LogP contribution in [0.15, 0.2) is 28.7 Å². The molecule has 0 aliphatic heterocycles. The van der Waals surface area contributed by atoms with Crippen LogP contribution in [0, 0.1) is 5.82 Å². The van der Waals surface area contributed by atoms with E-state index in [-0.39, 0.29) is 10.2 Å². The van der Waals surface area contributed by atoms with Gasteiger partial charge in [0.2, 0.25) is 11.7 Å². The lowest BCUT2D eigenvalue weighted by Gasteiger charge is -2.09. The van der Waals surface area contributed by atoms with E-state index in [1.165, 1.54) is 12.1 Å². The highest BCUT2D eigenvalue weighted by atomic mass is 79.9. The van der Waals surface area contributed by atoms with Crippen LogP contribution in [0.2, 0.25) is 5.15 Å². The quantitative estimate of drug-likeness (QED) is 0.559. The second kappa shape index (κ2) is 5.53. The van der Waals surface area contributed by atoms with Crippen molar-refractivity contribution in [1.82, 2.24) is 9.97 Å². The number of hydrogen-bond acceptors (Lipinski definition) is 3. The molecule has 0 radical (unpaired) electrons. The molecule has 3 nitrogen and oxygen atoms in total. The van der Waals surface area contributed by atoms with Gasteiger partial charge >= 0.3 is 6.18 Å². The normalized spacial score (nSPS) is 11.5. The summed E-state index contributed by atoms with van der Waals surface area (Å²) in [4.78, 5) is 6.22. The predicted molar refractivity (Wildman–Crippen MR) is 66.2 cm³/mol. The first-order chi connectivity index (χ1) is 9.25. The van der Waals surface area contributed by atoms with E-state index in [9.17, 15) is 17.6 Å². The van der Waals surface area contributed by atoms with Crippen molar-refractivity contribution in [2.24, 2.45) is 0 Å². The van der Waals surface area contributed by atoms with Crippen LogP contribution in [0.3, 0.4) is 0 Å². The third kappa shape index (κ3) is 3.57. The van der Waals surface area contributed by atoms with Crippen LogP contribution in [-0.2, 0) is 6.18 Å². The van der Waals surface area contributed by atoms with E-state index in [1.54, 1.807) is 0 Å². The molecule has 0 saturated carbocycles. The first-order valence-electron chi connectivity index (χ1n) is 5.00. The van der Waals surface area contributed by atoms with Crippen molar-refractivity contribution in [2.75, 3.05) is 0 Å². The third-order valence-corrected chi connectivity index (χ3v) is 2.88. The van der Waals surface area contributed by atoms with Gasteiger partial charge in [-0.2, -0.15) is 18.2 Å². The third-order valence-electron chi connectivity index (χ3n) is 2.04. The zero-order chi connectivity index (χ0) is 14.9. The lowest BCUT2D eigenvalue weighted by Crippen LogP contribution is -2.11. The summed E-state index contributed by atoms with van der Waals surface area (Å²) in [5, 5.41) is -0.431. The molecule has 0 unspecified atom stereocenters. The number of hydrogen-bond donors (Lipinski definition) is 0. The molecule has 0 fully saturated rings. The van der Waals surface area contributed by atoms with Crippen molar-refractivity contribution in [1.29, 1.82) is 0 Å². The summed E-state index contributed by atoms with van der Waals surface area (Å²) in [5.41, 5.74) is 0. The Morgan fingerprint density at radius 1 is 1.15 bits per heavy atom. The van der Waals surface area contributed by atoms with Crippen LogP contribution in [-0.4, -0.2) is 9.97 Å². The lowest BCUT2D eigenvalue weighted by atomic mass is 10.3. The van der Waals surface area contributed by atoms with Crippen LogP contribution < -0.4 is 4.74 Å². The molecule has 1 aromatic heterocycles. The zero-order valence-corrected chi connectivity index (χ0v) is 11.7. The van der Waals surface area contributed by atoms with Gasteiger partial charge in [-0.25, -0.2) is 9.37 Å². The van der Waals surface area contributed by atoms with Crippen LogP contribution in [0.25, 0.3) is 0 Å². The van der Waals surface area contributed by atoms with Gasteiger partial charge in [0.15, 0.2) is 0 Å². The van der Waals surface area contributed by atoms with Crippen LogP contribution in [0.4, 0.5) is 17.6 Å². The van der Waals surface area contributed by atoms with Crippen molar-refractivity contribution in [3.05, 3.63) is 45.5 Å². The molecule has 1 heterocycles. The van der Waals surface area contributed by atoms with Crippen LogP contribution in [0.5, 0.6) is 11.6 Å². The molecule has 0 aliphatic carbocycles. The van der Waals surface area contributed by atoms with Gasteiger partial charge in [-0.3, -0.25) is 0 Å². The van der Waals surface area contributed by atoms with Crippen molar-refractivity contribution >= 4 is 27.5 Å². The summed E-state index contributed by atoms with van der Waals surface area (Å²) in [6.07, 6.45) is -4.76. The molecule has 0 saturated heterocycles. The van der Waals surface area contributed by atoms with E-state index in [1.807, 2.05) is 0 Å². The summed E-state index contributed by atoms with van der Waals surface area (Å²) >= 11 is 8.40. The Balaban J connectivity index is 2.33. The van der Waals surface area contributed by atoms with E-state index in [4.69, 9.17) is 16.3 Å². The second-order valence-electron chi connectivity index (χ2n) is 3.53. The average Bonchev–Trinajstić information content (AvgIpc) is 2.32. The monoisotopic (exact) mass is 370 g/mol. The van der Waals surface area contributed by atoms with Gasteiger partial charge in [0.05, 0.1) is 4.47 Å². The fourth-order valence-electron chi connectivity index (χ4n) is 1.24. The number of nitrogens with zero attached hydrogens (tertiary/aromatic N) is 2. The molecule has 0 bridgehead atoms. The Morgan fingerprint density at radius 2 is 1.85 bits per heavy atom. The molecule has 0 N–H and O–H groups in total. The molecule has 20 heavy (non-hydrogen) atoms. The van der Waals surface area contributed by atoms with Gasteiger partial charge < -0.3 is 4.74 Å². The fourth-order valence-corrected chi connectivity index (χ4v) is 1.66. The Bertz CT molecular complexity index is 651. The first-order valence-corrected chi connectivity index (χ1v) is 6.17. The van der Waals surface area contributed by atoms with Gasteiger partial charge in [-0.15, -0.1) is 0 Å². The number of halogens is 6. The van der Waals surface area contributed by atoms with E-state index in [0.717, 1.165) is 12.1 Å². The SMILES string of the molecule is Fc1cc(Oc2cc(Cl)nc(C(F)(F)F)n2)ccc1Br. The summed E-state index contributed by atoms with van der Waals surface area (Å²) in [7, 11) is 0. The van der Waals surface area contributed by atoms with Gasteiger partial charge in [-0.1, -0.05) is 11.6 Å². The van der Waals surface area contributed by atoms with Gasteiger partial charge in [0, 0.05) is 12.1 Å². The van der Waals surface area contributed by atoms with Crippen molar-refractivity contribution in [3.63, 3.8) is 0 Å². The number of alkyl halides is 3. The highest BCUT2D eigenvalue weighted by molar-refractivity contribution is 9.10. The summed E-state index contributed by atoms with van der Waals surface area (Å²) in [6, 6.07) is 4.69. The van der Waals surface area contributed by atoms with Crippen molar-refractivity contribution in [3.8, 4) is 11.6 Å². The number of ether oxygens (including phenoxy) is 1. The molecule has 106 valence electrons. The highest BCUT2D eigenvalue weighted by Gasteiger charge is 2.35. The predicted octanol–water partition coefficient (Wildman–Crippen LogP) is 4.84. The topological polar surface area (TPSA) is 35.0 Å². The van der Waals surface area contributed by atoms with Gasteiger partial charge in [-0.05, 0) is 28.1 Å². The smallest absolute Gasteiger partial charge is 0.439 e. The number of benzene rings is 1. The van der Waals surface area contributed by atoms with E-state index >= 15 is 0 Å². The number of rotatable bonds is 2. The Labute approximate surface area is 123 Å². The van der Waals surface area contributed by atoms with Crippen LogP contribution in [0.1, 0.15) is 5.82 Å². The molecule has 0 atom stereocenters. The van der Waals surface area contributed by atoms with Crippen LogP contribution >= 0.6 is 27.5 Å². The zero-order valence-electron chi connectivity index (χ0n) is 9.38. The maximum absolute atomic E-state index is 13.3. The molecular weight excluding hydrogens is 367 g/mol. The van der Waals surface area contributed by atoms with Gasteiger partial charge in [0.1, 0.15) is 16.7 Å². The Morgan fingerprint density at radius 3 is 2.45 bits per heavy atom. The second-order valence-corrected chi connectivity index (χ2v) is 4.77. The first kappa shape index (κ1) is 15.0. The molecule has 0 amide bonds. The maximum Gasteiger partial charge on any atom is 0.451 e. The van der Waals surface area contributed by atoms with Crippen molar-refractivity contribution < 1.29 is 22.3 Å². The fraction of sp³-hybridized carbons (Fsp3) is 0.0909. The average molecular weight is 372 g/mol. The van der Waals surface area contributed by atoms with E-state index in [2.05, 4.69) is 25.9 Å². The highest BCUT2D eigenvalue weighted by Crippen LogP contribution is 2.31. The minimum atomic E-state index is -4.76. The molecule has 0 spiro atoms. The number of aromatic nitrogens is 2. The lowest BCUT2D eigenvalue weighted by molar-refractivity contribution is -0.145. The molecule has 2 rings (SSSR count).